The fourth-order valence-corrected chi connectivity index (χ4v) is 3.15. The van der Waals surface area contributed by atoms with Crippen molar-refractivity contribution in [1.82, 2.24) is 10.2 Å². The maximum atomic E-state index is 4.77. The van der Waals surface area contributed by atoms with Gasteiger partial charge in [-0.1, -0.05) is 25.5 Å². The van der Waals surface area contributed by atoms with Gasteiger partial charge in [-0.15, -0.1) is 0 Å². The predicted octanol–water partition coefficient (Wildman–Crippen LogP) is 3.35. The number of nitrogens with zero attached hydrogens (tertiary/aromatic N) is 2. The number of allylic oxidation sites excluding steroid dienone is 3. The lowest BCUT2D eigenvalue weighted by Crippen LogP contribution is -2.36. The molecule has 0 aliphatic carbocycles. The number of hydrogen-bond donors (Lipinski definition) is 1. The molecule has 20 heavy (non-hydrogen) atoms. The minimum Gasteiger partial charge on any atom is -0.350 e. The molecule has 3 nitrogen and oxygen atoms in total. The van der Waals surface area contributed by atoms with E-state index in [0.29, 0.717) is 5.92 Å². The van der Waals surface area contributed by atoms with Gasteiger partial charge in [-0.3, -0.25) is 4.99 Å². The first-order valence-corrected chi connectivity index (χ1v) is 8.03. The zero-order valence-corrected chi connectivity index (χ0v) is 13.2. The molecule has 2 atom stereocenters. The topological polar surface area (TPSA) is 27.6 Å². The van der Waals surface area contributed by atoms with Gasteiger partial charge in [0.2, 0.25) is 0 Å². The summed E-state index contributed by atoms with van der Waals surface area (Å²) >= 11 is 0. The summed E-state index contributed by atoms with van der Waals surface area (Å²) in [4.78, 5) is 7.27. The van der Waals surface area contributed by atoms with Crippen molar-refractivity contribution in [3.63, 3.8) is 0 Å². The van der Waals surface area contributed by atoms with E-state index < -0.39 is 0 Å². The summed E-state index contributed by atoms with van der Waals surface area (Å²) in [5, 5.41) is 3.36. The van der Waals surface area contributed by atoms with Gasteiger partial charge in [0.25, 0.3) is 0 Å². The third-order valence-electron chi connectivity index (χ3n) is 4.52. The standard InChI is InChI=1S/C17H29N3/c1-4-7-15-13-19-17(12-14(15)2)18-10-9-16-8-5-6-11-20(16)3/h4,7,13-14,16H,5-6,8-12H2,1-3H3,(H,18,19). The second kappa shape index (κ2) is 7.63. The van der Waals surface area contributed by atoms with E-state index in [1.54, 1.807) is 0 Å². The molecule has 2 aliphatic rings. The number of aliphatic imine (C=N–C) groups is 1. The lowest BCUT2D eigenvalue weighted by atomic mass is 9.95. The summed E-state index contributed by atoms with van der Waals surface area (Å²) in [5.74, 6) is 1.73. The van der Waals surface area contributed by atoms with Crippen LogP contribution in [0.2, 0.25) is 0 Å². The van der Waals surface area contributed by atoms with Gasteiger partial charge in [-0.2, -0.15) is 0 Å². The lowest BCUT2D eigenvalue weighted by molar-refractivity contribution is 0.178. The van der Waals surface area contributed by atoms with Crippen molar-refractivity contribution >= 4 is 5.84 Å². The largest absolute Gasteiger partial charge is 0.350 e. The van der Waals surface area contributed by atoms with E-state index in [0.717, 1.165) is 24.8 Å². The van der Waals surface area contributed by atoms with Gasteiger partial charge >= 0.3 is 0 Å². The second-order valence-corrected chi connectivity index (χ2v) is 6.14. The van der Waals surface area contributed by atoms with Gasteiger partial charge in [-0.25, -0.2) is 0 Å². The Labute approximate surface area is 123 Å². The highest BCUT2D eigenvalue weighted by Gasteiger charge is 2.19. The summed E-state index contributed by atoms with van der Waals surface area (Å²) in [5.41, 5.74) is 1.37. The molecule has 2 aliphatic heterocycles. The van der Waals surface area contributed by atoms with Crippen molar-refractivity contribution in [2.75, 3.05) is 20.1 Å². The number of likely N-dealkylation sites (tertiary alicyclic amines) is 1. The van der Waals surface area contributed by atoms with E-state index in [4.69, 9.17) is 4.99 Å². The third-order valence-corrected chi connectivity index (χ3v) is 4.52. The Bertz CT molecular complexity index is 395. The maximum Gasteiger partial charge on any atom is 0.101 e. The van der Waals surface area contributed by atoms with Crippen LogP contribution in [0.5, 0.6) is 0 Å². The van der Waals surface area contributed by atoms with Gasteiger partial charge < -0.3 is 10.2 Å². The van der Waals surface area contributed by atoms with Crippen LogP contribution in [-0.4, -0.2) is 36.9 Å². The molecule has 112 valence electrons. The monoisotopic (exact) mass is 275 g/mol. The van der Waals surface area contributed by atoms with E-state index >= 15 is 0 Å². The quantitative estimate of drug-likeness (QED) is 0.852. The molecule has 2 heterocycles. The van der Waals surface area contributed by atoms with Crippen LogP contribution in [0.3, 0.4) is 0 Å². The van der Waals surface area contributed by atoms with Crippen molar-refractivity contribution in [3.05, 3.63) is 23.9 Å². The third kappa shape index (κ3) is 4.20. The Morgan fingerprint density at radius 3 is 3.00 bits per heavy atom. The van der Waals surface area contributed by atoms with Gasteiger partial charge in [-0.05, 0) is 51.3 Å². The molecule has 0 radical (unpaired) electrons. The Kier molecular flexibility index (Phi) is 5.84. The van der Waals surface area contributed by atoms with Crippen molar-refractivity contribution in [2.45, 2.75) is 52.0 Å². The Morgan fingerprint density at radius 2 is 2.30 bits per heavy atom. The first-order valence-electron chi connectivity index (χ1n) is 8.03. The number of hydrogen-bond acceptors (Lipinski definition) is 2. The van der Waals surface area contributed by atoms with Gasteiger partial charge in [0.15, 0.2) is 0 Å². The summed E-state index contributed by atoms with van der Waals surface area (Å²) < 4.78 is 0. The molecule has 1 saturated heterocycles. The number of piperidine rings is 1. The summed E-state index contributed by atoms with van der Waals surface area (Å²) in [6.45, 7) is 6.55. The Morgan fingerprint density at radius 1 is 1.45 bits per heavy atom. The van der Waals surface area contributed by atoms with E-state index in [2.05, 4.69) is 49.5 Å². The smallest absolute Gasteiger partial charge is 0.101 e. The second-order valence-electron chi connectivity index (χ2n) is 6.14. The average Bonchev–Trinajstić information content (AvgIpc) is 2.44. The fourth-order valence-electron chi connectivity index (χ4n) is 3.15. The Hall–Kier alpha value is -1.09. The molecule has 3 heteroatoms. The first-order chi connectivity index (χ1) is 9.70. The molecule has 0 aromatic heterocycles. The predicted molar refractivity (Wildman–Crippen MR) is 87.0 cm³/mol. The van der Waals surface area contributed by atoms with Crippen LogP contribution in [0.25, 0.3) is 0 Å². The molecule has 1 fully saturated rings. The van der Waals surface area contributed by atoms with E-state index in [-0.39, 0.29) is 0 Å². The number of amidine groups is 1. The maximum absolute atomic E-state index is 4.77. The van der Waals surface area contributed by atoms with Crippen LogP contribution in [0.1, 0.15) is 46.0 Å². The average molecular weight is 275 g/mol. The number of nitrogens with one attached hydrogen (secondary N) is 1. The lowest BCUT2D eigenvalue weighted by Gasteiger charge is -2.32. The van der Waals surface area contributed by atoms with Crippen LogP contribution in [-0.2, 0) is 0 Å². The highest BCUT2D eigenvalue weighted by molar-refractivity contribution is 5.85. The summed E-state index contributed by atoms with van der Waals surface area (Å²) in [6, 6.07) is 0.739. The van der Waals surface area contributed by atoms with Crippen LogP contribution in [0.4, 0.5) is 0 Å². The van der Waals surface area contributed by atoms with Crippen molar-refractivity contribution in [2.24, 2.45) is 10.9 Å². The normalized spacial score (nSPS) is 30.6. The van der Waals surface area contributed by atoms with Gasteiger partial charge in [0.05, 0.1) is 0 Å². The first kappa shape index (κ1) is 15.3. The highest BCUT2D eigenvalue weighted by atomic mass is 15.1. The van der Waals surface area contributed by atoms with Crippen LogP contribution in [0.15, 0.2) is 28.9 Å². The minimum absolute atomic E-state index is 0.573. The minimum atomic E-state index is 0.573. The van der Waals surface area contributed by atoms with Crippen LogP contribution in [0, 0.1) is 5.92 Å². The fraction of sp³-hybridized carbons (Fsp3) is 0.706. The SMILES string of the molecule is CC=CC1=CNC(=NCCC2CCCCN2C)CC1C. The molecular weight excluding hydrogens is 246 g/mol. The van der Waals surface area contributed by atoms with E-state index in [9.17, 15) is 0 Å². The molecule has 0 amide bonds. The summed E-state index contributed by atoms with van der Waals surface area (Å²) in [6.07, 6.45) is 12.7. The Balaban J connectivity index is 1.81. The highest BCUT2D eigenvalue weighted by Crippen LogP contribution is 2.20. The van der Waals surface area contributed by atoms with Gasteiger partial charge in [0, 0.05) is 25.2 Å². The van der Waals surface area contributed by atoms with Crippen LogP contribution < -0.4 is 5.32 Å². The van der Waals surface area contributed by atoms with Crippen molar-refractivity contribution in [3.8, 4) is 0 Å². The molecule has 2 unspecified atom stereocenters. The van der Waals surface area contributed by atoms with Crippen LogP contribution >= 0.6 is 0 Å². The zero-order valence-electron chi connectivity index (χ0n) is 13.2. The number of rotatable bonds is 4. The van der Waals surface area contributed by atoms with Crippen molar-refractivity contribution < 1.29 is 0 Å². The molecule has 0 bridgehead atoms. The molecular formula is C17H29N3. The molecule has 1 N–H and O–H groups in total. The molecule has 0 spiro atoms. The molecule has 0 aromatic carbocycles. The zero-order chi connectivity index (χ0) is 14.4. The van der Waals surface area contributed by atoms with Gasteiger partial charge in [0.1, 0.15) is 5.84 Å². The molecule has 0 saturated carbocycles. The van der Waals surface area contributed by atoms with Crippen molar-refractivity contribution in [1.29, 1.82) is 0 Å². The van der Waals surface area contributed by atoms with E-state index in [1.807, 2.05) is 0 Å². The molecule has 2 rings (SSSR count). The van der Waals surface area contributed by atoms with E-state index in [1.165, 1.54) is 37.8 Å². The molecule has 0 aromatic rings. The summed E-state index contributed by atoms with van der Waals surface area (Å²) in [7, 11) is 2.25.